The third kappa shape index (κ3) is 5.18. The highest BCUT2D eigenvalue weighted by Crippen LogP contribution is 2.16. The van der Waals surface area contributed by atoms with Crippen LogP contribution in [-0.2, 0) is 0 Å². The molecule has 1 aliphatic rings. The first-order chi connectivity index (χ1) is 10.5. The lowest BCUT2D eigenvalue weighted by Crippen LogP contribution is -2.49. The fourth-order valence-electron chi connectivity index (χ4n) is 2.52. The molecule has 1 aliphatic heterocycles. The van der Waals surface area contributed by atoms with Crippen LogP contribution < -0.4 is 15.5 Å². The van der Waals surface area contributed by atoms with Gasteiger partial charge in [0.2, 0.25) is 0 Å². The predicted molar refractivity (Wildman–Crippen MR) is 86.7 cm³/mol. The van der Waals surface area contributed by atoms with E-state index >= 15 is 0 Å². The van der Waals surface area contributed by atoms with Crippen molar-refractivity contribution in [3.63, 3.8) is 0 Å². The van der Waals surface area contributed by atoms with Crippen molar-refractivity contribution in [3.05, 3.63) is 30.1 Å². The quantitative estimate of drug-likeness (QED) is 0.869. The van der Waals surface area contributed by atoms with Gasteiger partial charge in [0, 0.05) is 51.0 Å². The number of amides is 2. The Hall–Kier alpha value is -1.82. The zero-order valence-electron chi connectivity index (χ0n) is 13.3. The minimum atomic E-state index is -0.201. The monoisotopic (exact) mass is 308 g/mol. The van der Waals surface area contributed by atoms with Crippen molar-refractivity contribution >= 4 is 11.7 Å². The van der Waals surface area contributed by atoms with Gasteiger partial charge in [-0.3, -0.25) is 4.90 Å². The predicted octanol–water partition coefficient (Wildman–Crippen LogP) is 1.66. The van der Waals surface area contributed by atoms with E-state index in [2.05, 4.69) is 20.4 Å². The number of piperazine rings is 1. The Bertz CT molecular complexity index is 470. The largest absolute Gasteiger partial charge is 0.369 e. The molecule has 0 aromatic heterocycles. The third-order valence-corrected chi connectivity index (χ3v) is 3.70. The Morgan fingerprint density at radius 1 is 1.18 bits per heavy atom. The fourth-order valence-corrected chi connectivity index (χ4v) is 2.52. The molecule has 2 N–H and O–H groups in total. The van der Waals surface area contributed by atoms with E-state index in [9.17, 15) is 9.18 Å². The molecule has 0 radical (unpaired) electrons. The highest BCUT2D eigenvalue weighted by atomic mass is 19.1. The number of anilines is 1. The van der Waals surface area contributed by atoms with Crippen molar-refractivity contribution in [2.75, 3.05) is 44.2 Å². The molecule has 0 aliphatic carbocycles. The topological polar surface area (TPSA) is 47.6 Å². The van der Waals surface area contributed by atoms with E-state index in [-0.39, 0.29) is 17.9 Å². The number of nitrogens with zero attached hydrogens (tertiary/aromatic N) is 2. The van der Waals surface area contributed by atoms with E-state index in [1.165, 1.54) is 12.1 Å². The smallest absolute Gasteiger partial charge is 0.315 e. The van der Waals surface area contributed by atoms with Gasteiger partial charge in [-0.15, -0.1) is 0 Å². The van der Waals surface area contributed by atoms with Crippen LogP contribution in [0.25, 0.3) is 0 Å². The molecule has 0 spiro atoms. The van der Waals surface area contributed by atoms with E-state index in [0.29, 0.717) is 6.54 Å². The van der Waals surface area contributed by atoms with Crippen molar-refractivity contribution in [1.82, 2.24) is 15.5 Å². The minimum absolute atomic E-state index is 0.111. The maximum atomic E-state index is 12.9. The summed E-state index contributed by atoms with van der Waals surface area (Å²) in [6.45, 7) is 9.11. The molecule has 6 heteroatoms. The molecule has 2 rings (SSSR count). The van der Waals surface area contributed by atoms with E-state index < -0.39 is 0 Å². The normalized spacial score (nSPS) is 15.9. The first-order valence-corrected chi connectivity index (χ1v) is 7.82. The Kier molecular flexibility index (Phi) is 6.00. The zero-order chi connectivity index (χ0) is 15.9. The van der Waals surface area contributed by atoms with E-state index in [4.69, 9.17) is 0 Å². The maximum absolute atomic E-state index is 12.9. The molecule has 122 valence electrons. The second-order valence-corrected chi connectivity index (χ2v) is 5.86. The Labute approximate surface area is 131 Å². The van der Waals surface area contributed by atoms with Gasteiger partial charge in [0.25, 0.3) is 0 Å². The van der Waals surface area contributed by atoms with Crippen LogP contribution in [0.1, 0.15) is 13.8 Å². The second-order valence-electron chi connectivity index (χ2n) is 5.86. The highest BCUT2D eigenvalue weighted by molar-refractivity contribution is 5.74. The van der Waals surface area contributed by atoms with Crippen LogP contribution in [0.15, 0.2) is 24.3 Å². The molecular weight excluding hydrogens is 283 g/mol. The van der Waals surface area contributed by atoms with E-state index in [1.54, 1.807) is 0 Å². The van der Waals surface area contributed by atoms with Gasteiger partial charge < -0.3 is 15.5 Å². The van der Waals surface area contributed by atoms with Crippen molar-refractivity contribution in [1.29, 1.82) is 0 Å². The molecule has 22 heavy (non-hydrogen) atoms. The highest BCUT2D eigenvalue weighted by Gasteiger charge is 2.17. The molecule has 0 unspecified atom stereocenters. The van der Waals surface area contributed by atoms with Gasteiger partial charge in [0.15, 0.2) is 0 Å². The summed E-state index contributed by atoms with van der Waals surface area (Å²) in [5.74, 6) is -0.201. The molecule has 1 fully saturated rings. The van der Waals surface area contributed by atoms with Crippen molar-refractivity contribution in [2.24, 2.45) is 0 Å². The number of urea groups is 1. The van der Waals surface area contributed by atoms with Crippen LogP contribution in [0.2, 0.25) is 0 Å². The molecule has 1 saturated heterocycles. The molecule has 0 atom stereocenters. The summed E-state index contributed by atoms with van der Waals surface area (Å²) in [7, 11) is 0. The lowest BCUT2D eigenvalue weighted by atomic mass is 10.2. The second kappa shape index (κ2) is 7.98. The number of nitrogens with one attached hydrogen (secondary N) is 2. The first kappa shape index (κ1) is 16.5. The van der Waals surface area contributed by atoms with Gasteiger partial charge in [0.1, 0.15) is 5.82 Å². The van der Waals surface area contributed by atoms with Crippen molar-refractivity contribution < 1.29 is 9.18 Å². The summed E-state index contributed by atoms with van der Waals surface area (Å²) in [5.41, 5.74) is 1.07. The van der Waals surface area contributed by atoms with E-state index in [1.807, 2.05) is 26.0 Å². The van der Waals surface area contributed by atoms with Crippen LogP contribution in [0.3, 0.4) is 0 Å². The van der Waals surface area contributed by atoms with Crippen LogP contribution >= 0.6 is 0 Å². The third-order valence-electron chi connectivity index (χ3n) is 3.70. The number of halogens is 1. The van der Waals surface area contributed by atoms with E-state index in [0.717, 1.165) is 38.4 Å². The minimum Gasteiger partial charge on any atom is -0.369 e. The van der Waals surface area contributed by atoms with Gasteiger partial charge in [0.05, 0.1) is 0 Å². The summed E-state index contributed by atoms with van der Waals surface area (Å²) < 4.78 is 12.9. The average molecular weight is 308 g/mol. The molecule has 0 bridgehead atoms. The van der Waals surface area contributed by atoms with Crippen LogP contribution in [0, 0.1) is 5.82 Å². The number of benzene rings is 1. The van der Waals surface area contributed by atoms with Gasteiger partial charge >= 0.3 is 6.03 Å². The van der Waals surface area contributed by atoms with Crippen LogP contribution in [-0.4, -0.2) is 56.2 Å². The molecule has 1 aromatic carbocycles. The fraction of sp³-hybridized carbons (Fsp3) is 0.562. The standard InChI is InChI=1S/C16H25FN4O/c1-13(2)19-16(22)18-7-8-20-9-11-21(12-10-20)15-5-3-14(17)4-6-15/h3-6,13H,7-12H2,1-2H3,(H2,18,19,22). The summed E-state index contributed by atoms with van der Waals surface area (Å²) in [4.78, 5) is 16.1. The SMILES string of the molecule is CC(C)NC(=O)NCCN1CCN(c2ccc(F)cc2)CC1. The summed E-state index contributed by atoms with van der Waals surface area (Å²) in [5, 5.41) is 5.67. The summed E-state index contributed by atoms with van der Waals surface area (Å²) >= 11 is 0. The molecule has 1 aromatic rings. The van der Waals surface area contributed by atoms with Gasteiger partial charge in [-0.25, -0.2) is 9.18 Å². The maximum Gasteiger partial charge on any atom is 0.315 e. The lowest BCUT2D eigenvalue weighted by Gasteiger charge is -2.36. The molecule has 5 nitrogen and oxygen atoms in total. The average Bonchev–Trinajstić information content (AvgIpc) is 2.48. The summed E-state index contributed by atoms with van der Waals surface area (Å²) in [6.07, 6.45) is 0. The number of rotatable bonds is 5. The number of hydrogen-bond donors (Lipinski definition) is 2. The van der Waals surface area contributed by atoms with Gasteiger partial charge in [-0.2, -0.15) is 0 Å². The molecule has 2 amide bonds. The zero-order valence-corrected chi connectivity index (χ0v) is 13.3. The Balaban J connectivity index is 1.67. The van der Waals surface area contributed by atoms with Gasteiger partial charge in [-0.05, 0) is 38.1 Å². The molecule has 0 saturated carbocycles. The van der Waals surface area contributed by atoms with Crippen molar-refractivity contribution in [3.8, 4) is 0 Å². The van der Waals surface area contributed by atoms with Crippen molar-refractivity contribution in [2.45, 2.75) is 19.9 Å². The summed E-state index contributed by atoms with van der Waals surface area (Å²) in [6, 6.07) is 6.68. The molecular formula is C16H25FN4O. The van der Waals surface area contributed by atoms with Gasteiger partial charge in [-0.1, -0.05) is 0 Å². The Morgan fingerprint density at radius 3 is 2.41 bits per heavy atom. The first-order valence-electron chi connectivity index (χ1n) is 7.82. The van der Waals surface area contributed by atoms with Crippen LogP contribution in [0.4, 0.5) is 14.9 Å². The number of carbonyl (C=O) groups excluding carboxylic acids is 1. The van der Waals surface area contributed by atoms with Crippen LogP contribution in [0.5, 0.6) is 0 Å². The molecule has 1 heterocycles. The lowest BCUT2D eigenvalue weighted by molar-refractivity contribution is 0.230. The number of carbonyl (C=O) groups is 1. The Morgan fingerprint density at radius 2 is 1.82 bits per heavy atom. The number of hydrogen-bond acceptors (Lipinski definition) is 3.